The molecular weight excluding hydrogens is 423 g/mol. The molecule has 1 aliphatic rings. The molecule has 156 valence electrons. The number of benzene rings is 2. The lowest BCUT2D eigenvalue weighted by atomic mass is 10.1. The summed E-state index contributed by atoms with van der Waals surface area (Å²) in [7, 11) is -3.76. The number of nitrogens with one attached hydrogen (secondary N) is 1. The molecule has 1 N–H and O–H groups in total. The van der Waals surface area contributed by atoms with Crippen molar-refractivity contribution in [1.82, 2.24) is 9.62 Å². The lowest BCUT2D eigenvalue weighted by Crippen LogP contribution is -2.33. The number of nitrogens with zero attached hydrogens (tertiary/aromatic N) is 1. The van der Waals surface area contributed by atoms with E-state index in [1.165, 1.54) is 29.5 Å². The Morgan fingerprint density at radius 1 is 1.10 bits per heavy atom. The third-order valence-electron chi connectivity index (χ3n) is 4.95. The first-order valence-electron chi connectivity index (χ1n) is 9.60. The maximum Gasteiger partial charge on any atom is 0.254 e. The fourth-order valence-corrected chi connectivity index (χ4v) is 4.98. The molecule has 4 rings (SSSR count). The van der Waals surface area contributed by atoms with Gasteiger partial charge in [0.05, 0.1) is 4.90 Å². The summed E-state index contributed by atoms with van der Waals surface area (Å²) in [5, 5.41) is 1.88. The van der Waals surface area contributed by atoms with Crippen LogP contribution in [0, 0.1) is 5.82 Å². The van der Waals surface area contributed by atoms with E-state index in [-0.39, 0.29) is 41.3 Å². The van der Waals surface area contributed by atoms with E-state index >= 15 is 0 Å². The standard InChI is InChI=1S/C22H21FN2O3S2/c23-21-9-2-1-5-17(21)15-25(18-10-11-18)22(26)16-6-3-8-20(13-16)30(27,28)24-14-19-7-4-12-29-19/h1-9,12-13,18,24H,10-11,14-15H2. The highest BCUT2D eigenvalue weighted by Crippen LogP contribution is 2.30. The third-order valence-corrected chi connectivity index (χ3v) is 7.23. The SMILES string of the molecule is O=C(c1cccc(S(=O)(=O)NCc2cccs2)c1)N(Cc1ccccc1F)C1CC1. The molecule has 0 radical (unpaired) electrons. The Bertz CT molecular complexity index is 1140. The highest BCUT2D eigenvalue weighted by molar-refractivity contribution is 7.89. The molecule has 0 atom stereocenters. The van der Waals surface area contributed by atoms with Gasteiger partial charge in [-0.25, -0.2) is 17.5 Å². The van der Waals surface area contributed by atoms with Crippen LogP contribution in [0.5, 0.6) is 0 Å². The summed E-state index contributed by atoms with van der Waals surface area (Å²) in [6, 6.07) is 16.1. The number of hydrogen-bond acceptors (Lipinski definition) is 4. The third kappa shape index (κ3) is 4.77. The zero-order chi connectivity index (χ0) is 21.1. The van der Waals surface area contributed by atoms with Gasteiger partial charge in [0.25, 0.3) is 5.91 Å². The molecular formula is C22H21FN2O3S2. The van der Waals surface area contributed by atoms with Gasteiger partial charge < -0.3 is 4.90 Å². The molecule has 30 heavy (non-hydrogen) atoms. The van der Waals surface area contributed by atoms with Crippen LogP contribution < -0.4 is 4.72 Å². The number of rotatable bonds is 8. The van der Waals surface area contributed by atoms with Crippen molar-refractivity contribution in [3.8, 4) is 0 Å². The normalized spacial score (nSPS) is 13.9. The lowest BCUT2D eigenvalue weighted by molar-refractivity contribution is 0.0728. The maximum absolute atomic E-state index is 14.1. The summed E-state index contributed by atoms with van der Waals surface area (Å²) in [5.74, 6) is -0.652. The minimum atomic E-state index is -3.76. The van der Waals surface area contributed by atoms with Crippen molar-refractivity contribution >= 4 is 27.3 Å². The maximum atomic E-state index is 14.1. The topological polar surface area (TPSA) is 66.5 Å². The van der Waals surface area contributed by atoms with Crippen molar-refractivity contribution in [2.75, 3.05) is 0 Å². The van der Waals surface area contributed by atoms with E-state index in [9.17, 15) is 17.6 Å². The predicted octanol–water partition coefficient (Wildman–Crippen LogP) is 4.17. The smallest absolute Gasteiger partial charge is 0.254 e. The van der Waals surface area contributed by atoms with Crippen LogP contribution in [0.15, 0.2) is 70.9 Å². The van der Waals surface area contributed by atoms with Crippen molar-refractivity contribution in [3.63, 3.8) is 0 Å². The van der Waals surface area contributed by atoms with Gasteiger partial charge in [-0.1, -0.05) is 30.3 Å². The van der Waals surface area contributed by atoms with Crippen LogP contribution in [0.1, 0.15) is 33.6 Å². The van der Waals surface area contributed by atoms with E-state index in [4.69, 9.17) is 0 Å². The van der Waals surface area contributed by atoms with E-state index in [0.717, 1.165) is 17.7 Å². The largest absolute Gasteiger partial charge is 0.331 e. The molecule has 0 bridgehead atoms. The summed E-state index contributed by atoms with van der Waals surface area (Å²) in [6.45, 7) is 0.351. The Kier molecular flexibility index (Phi) is 5.99. The number of carbonyl (C=O) groups excluding carboxylic acids is 1. The molecule has 1 aromatic heterocycles. The number of sulfonamides is 1. The fraction of sp³-hybridized carbons (Fsp3) is 0.227. The molecule has 1 heterocycles. The van der Waals surface area contributed by atoms with Gasteiger partial charge in [0.2, 0.25) is 10.0 Å². The van der Waals surface area contributed by atoms with Crippen LogP contribution in [0.4, 0.5) is 4.39 Å². The minimum absolute atomic E-state index is 0.0338. The van der Waals surface area contributed by atoms with Gasteiger partial charge in [-0.2, -0.15) is 0 Å². The Morgan fingerprint density at radius 2 is 1.90 bits per heavy atom. The van der Waals surface area contributed by atoms with Gasteiger partial charge in [0.1, 0.15) is 5.82 Å². The van der Waals surface area contributed by atoms with E-state index < -0.39 is 10.0 Å². The molecule has 0 aliphatic heterocycles. The number of amides is 1. The van der Waals surface area contributed by atoms with Crippen LogP contribution >= 0.6 is 11.3 Å². The molecule has 1 amide bonds. The summed E-state index contributed by atoms with van der Waals surface area (Å²) in [4.78, 5) is 15.7. The molecule has 1 saturated carbocycles. The van der Waals surface area contributed by atoms with Crippen LogP contribution in [0.2, 0.25) is 0 Å². The van der Waals surface area contributed by atoms with Crippen molar-refractivity contribution in [2.24, 2.45) is 0 Å². The van der Waals surface area contributed by atoms with Crippen molar-refractivity contribution in [2.45, 2.75) is 36.9 Å². The van der Waals surface area contributed by atoms with Crippen LogP contribution in [-0.2, 0) is 23.1 Å². The predicted molar refractivity (Wildman–Crippen MR) is 114 cm³/mol. The Labute approximate surface area is 179 Å². The van der Waals surface area contributed by atoms with Crippen molar-refractivity contribution in [3.05, 3.63) is 87.9 Å². The first-order valence-corrected chi connectivity index (χ1v) is 12.0. The Hall–Kier alpha value is -2.55. The number of halogens is 1. The first-order chi connectivity index (χ1) is 14.4. The molecule has 0 saturated heterocycles. The average molecular weight is 445 g/mol. The highest BCUT2D eigenvalue weighted by atomic mass is 32.2. The second-order valence-electron chi connectivity index (χ2n) is 7.19. The molecule has 0 unspecified atom stereocenters. The van der Waals surface area contributed by atoms with Crippen LogP contribution in [-0.4, -0.2) is 25.3 Å². The molecule has 1 aliphatic carbocycles. The zero-order valence-electron chi connectivity index (χ0n) is 16.1. The van der Waals surface area contributed by atoms with Gasteiger partial charge in [0.15, 0.2) is 0 Å². The number of carbonyl (C=O) groups is 1. The number of thiophene rings is 1. The van der Waals surface area contributed by atoms with Crippen LogP contribution in [0.25, 0.3) is 0 Å². The lowest BCUT2D eigenvalue weighted by Gasteiger charge is -2.23. The van der Waals surface area contributed by atoms with E-state index in [1.54, 1.807) is 35.2 Å². The fourth-order valence-electron chi connectivity index (χ4n) is 3.19. The summed E-state index contributed by atoms with van der Waals surface area (Å²) in [5.41, 5.74) is 0.719. The second-order valence-corrected chi connectivity index (χ2v) is 9.99. The summed E-state index contributed by atoms with van der Waals surface area (Å²) in [6.07, 6.45) is 1.72. The van der Waals surface area contributed by atoms with Gasteiger partial charge >= 0.3 is 0 Å². The molecule has 2 aromatic carbocycles. The second kappa shape index (κ2) is 8.67. The Balaban J connectivity index is 1.54. The van der Waals surface area contributed by atoms with Gasteiger partial charge in [-0.05, 0) is 48.6 Å². The monoisotopic (exact) mass is 444 g/mol. The van der Waals surface area contributed by atoms with Gasteiger partial charge in [-0.3, -0.25) is 4.79 Å². The molecule has 8 heteroatoms. The van der Waals surface area contributed by atoms with Crippen molar-refractivity contribution in [1.29, 1.82) is 0 Å². The summed E-state index contributed by atoms with van der Waals surface area (Å²) >= 11 is 1.46. The van der Waals surface area contributed by atoms with Gasteiger partial charge in [0, 0.05) is 35.1 Å². The van der Waals surface area contributed by atoms with E-state index in [2.05, 4.69) is 4.72 Å². The number of hydrogen-bond donors (Lipinski definition) is 1. The minimum Gasteiger partial charge on any atom is -0.331 e. The van der Waals surface area contributed by atoms with E-state index in [0.29, 0.717) is 5.56 Å². The average Bonchev–Trinajstić information content (AvgIpc) is 3.45. The quantitative estimate of drug-likeness (QED) is 0.567. The Morgan fingerprint density at radius 3 is 2.60 bits per heavy atom. The molecule has 3 aromatic rings. The summed E-state index contributed by atoms with van der Waals surface area (Å²) < 4.78 is 42.0. The zero-order valence-corrected chi connectivity index (χ0v) is 17.8. The van der Waals surface area contributed by atoms with Crippen molar-refractivity contribution < 1.29 is 17.6 Å². The van der Waals surface area contributed by atoms with Crippen LogP contribution in [0.3, 0.4) is 0 Å². The molecule has 1 fully saturated rings. The highest BCUT2D eigenvalue weighted by Gasteiger charge is 2.33. The molecule has 5 nitrogen and oxygen atoms in total. The first kappa shape index (κ1) is 20.7. The van der Waals surface area contributed by atoms with E-state index in [1.807, 2.05) is 17.5 Å². The molecule has 0 spiro atoms. The van der Waals surface area contributed by atoms with Gasteiger partial charge in [-0.15, -0.1) is 11.3 Å².